The van der Waals surface area contributed by atoms with E-state index in [1.54, 1.807) is 20.8 Å². The molecule has 0 aromatic carbocycles. The molecule has 0 radical (unpaired) electrons. The summed E-state index contributed by atoms with van der Waals surface area (Å²) in [5, 5.41) is 11.3. The van der Waals surface area contributed by atoms with Crippen LogP contribution in [0.1, 0.15) is 75.2 Å². The number of ketones is 2. The molecule has 0 saturated carbocycles. The van der Waals surface area contributed by atoms with Crippen LogP contribution in [-0.2, 0) is 9.59 Å². The van der Waals surface area contributed by atoms with Crippen molar-refractivity contribution in [2.45, 2.75) is 85.3 Å². The molecule has 0 aliphatic carbocycles. The Morgan fingerprint density at radius 2 is 1.71 bits per heavy atom. The largest absolute Gasteiger partial charge is 0.379 e. The number of hydrogen-bond donors (Lipinski definition) is 1. The van der Waals surface area contributed by atoms with Gasteiger partial charge in [0, 0.05) is 0 Å². The van der Waals surface area contributed by atoms with E-state index in [2.05, 4.69) is 41.5 Å². The Balaban J connectivity index is 3.69. The minimum Gasteiger partial charge on any atom is -0.379 e. The molecule has 1 rings (SSSR count). The van der Waals surface area contributed by atoms with Crippen LogP contribution in [0.5, 0.6) is 0 Å². The van der Waals surface area contributed by atoms with Crippen LogP contribution in [0.2, 0.25) is 0 Å². The van der Waals surface area contributed by atoms with E-state index in [-0.39, 0.29) is 28.7 Å². The second-order valence-corrected chi connectivity index (χ2v) is 10.3. The zero-order chi connectivity index (χ0) is 19.1. The fourth-order valence-corrected chi connectivity index (χ4v) is 7.36. The van der Waals surface area contributed by atoms with Crippen molar-refractivity contribution in [3.05, 3.63) is 0 Å². The Labute approximate surface area is 152 Å². The Morgan fingerprint density at radius 1 is 1.21 bits per heavy atom. The number of hydrogen-bond acceptors (Lipinski definition) is 4. The van der Waals surface area contributed by atoms with Crippen LogP contribution in [-0.4, -0.2) is 26.9 Å². The first kappa shape index (κ1) is 21.7. The summed E-state index contributed by atoms with van der Waals surface area (Å²) in [6.45, 7) is 17.6. The molecule has 0 aromatic heterocycles. The van der Waals surface area contributed by atoms with E-state index in [4.69, 9.17) is 0 Å². The highest BCUT2D eigenvalue weighted by Gasteiger charge is 2.66. The number of aliphatic hydroxyl groups is 1. The maximum Gasteiger partial charge on any atom is 0.143 e. The molecule has 6 unspecified atom stereocenters. The molecule has 6 atom stereocenters. The van der Waals surface area contributed by atoms with Gasteiger partial charge in [0.2, 0.25) is 0 Å². The average Bonchev–Trinajstić information content (AvgIpc) is 2.47. The van der Waals surface area contributed by atoms with Gasteiger partial charge in [-0.15, -0.1) is 11.8 Å². The first-order valence-corrected chi connectivity index (χ1v) is 10.1. The van der Waals surface area contributed by atoms with Gasteiger partial charge in [-0.05, 0) is 50.4 Å². The molecule has 1 aliphatic rings. The smallest absolute Gasteiger partial charge is 0.143 e. The summed E-state index contributed by atoms with van der Waals surface area (Å²) in [7, 11) is 0. The minimum absolute atomic E-state index is 0.0235. The maximum absolute atomic E-state index is 13.1. The van der Waals surface area contributed by atoms with E-state index in [1.807, 2.05) is 0 Å². The topological polar surface area (TPSA) is 54.4 Å². The SMILES string of the molecule is CCC(C)C(C)C1(C(C)=O)C(C)(C)CC(C)C(C(C)=O)SC1(C)O. The molecule has 3 nitrogen and oxygen atoms in total. The van der Waals surface area contributed by atoms with Crippen LogP contribution >= 0.6 is 11.8 Å². The lowest BCUT2D eigenvalue weighted by molar-refractivity contribution is -0.165. The fourth-order valence-electron chi connectivity index (χ4n) is 5.58. The molecule has 4 heteroatoms. The van der Waals surface area contributed by atoms with Crippen molar-refractivity contribution in [3.63, 3.8) is 0 Å². The molecule has 0 bridgehead atoms. The average molecular weight is 357 g/mol. The molecule has 1 fully saturated rings. The summed E-state index contributed by atoms with van der Waals surface area (Å²) in [6.07, 6.45) is 1.71. The predicted octanol–water partition coefficient (Wildman–Crippen LogP) is 4.71. The Kier molecular flexibility index (Phi) is 6.42. The van der Waals surface area contributed by atoms with Crippen molar-refractivity contribution >= 4 is 23.3 Å². The van der Waals surface area contributed by atoms with Crippen LogP contribution in [0.3, 0.4) is 0 Å². The summed E-state index contributed by atoms with van der Waals surface area (Å²) in [5.41, 5.74) is -1.29. The summed E-state index contributed by atoms with van der Waals surface area (Å²) >= 11 is 1.30. The van der Waals surface area contributed by atoms with Crippen molar-refractivity contribution in [1.82, 2.24) is 0 Å². The second kappa shape index (κ2) is 7.11. The summed E-state index contributed by atoms with van der Waals surface area (Å²) in [4.78, 5) is 24.0. The molecule has 1 N–H and O–H groups in total. The van der Waals surface area contributed by atoms with Gasteiger partial charge in [0.1, 0.15) is 16.5 Å². The Morgan fingerprint density at radius 3 is 2.08 bits per heavy atom. The molecule has 1 aliphatic heterocycles. The highest BCUT2D eigenvalue weighted by Crippen LogP contribution is 2.64. The van der Waals surface area contributed by atoms with E-state index in [9.17, 15) is 14.7 Å². The van der Waals surface area contributed by atoms with Crippen molar-refractivity contribution in [3.8, 4) is 0 Å². The summed E-state index contributed by atoms with van der Waals surface area (Å²) in [6, 6.07) is 0. The van der Waals surface area contributed by atoms with Crippen LogP contribution in [0, 0.1) is 28.6 Å². The number of carbonyl (C=O) groups is 2. The van der Waals surface area contributed by atoms with Gasteiger partial charge in [0.25, 0.3) is 0 Å². The van der Waals surface area contributed by atoms with E-state index in [0.717, 1.165) is 12.8 Å². The molecule has 0 spiro atoms. The van der Waals surface area contributed by atoms with E-state index in [0.29, 0.717) is 5.92 Å². The Bertz CT molecular complexity index is 497. The van der Waals surface area contributed by atoms with Gasteiger partial charge in [-0.2, -0.15) is 0 Å². The standard InChI is InChI=1S/C20H36O3S/c1-10-12(2)14(4)20(16(6)22)18(7,8)11-13(3)17(15(5)21)24-19(20,9)23/h12-14,17,23H,10-11H2,1-9H3. The third-order valence-electron chi connectivity index (χ3n) is 6.64. The highest BCUT2D eigenvalue weighted by atomic mass is 32.2. The Hall–Kier alpha value is -0.350. The highest BCUT2D eigenvalue weighted by molar-refractivity contribution is 8.01. The van der Waals surface area contributed by atoms with Crippen LogP contribution in [0.4, 0.5) is 0 Å². The predicted molar refractivity (Wildman–Crippen MR) is 102 cm³/mol. The molecule has 0 amide bonds. The summed E-state index contributed by atoms with van der Waals surface area (Å²) in [5.74, 6) is 0.576. The van der Waals surface area contributed by atoms with Gasteiger partial charge in [-0.3, -0.25) is 9.59 Å². The van der Waals surface area contributed by atoms with Crippen molar-refractivity contribution < 1.29 is 14.7 Å². The normalized spacial score (nSPS) is 38.9. The lowest BCUT2D eigenvalue weighted by Crippen LogP contribution is -2.61. The lowest BCUT2D eigenvalue weighted by Gasteiger charge is -2.56. The number of carbonyl (C=O) groups excluding carboxylic acids is 2. The molecule has 0 aromatic rings. The van der Waals surface area contributed by atoms with E-state index < -0.39 is 15.8 Å². The van der Waals surface area contributed by atoms with Crippen LogP contribution < -0.4 is 0 Å². The second-order valence-electron chi connectivity index (χ2n) is 8.74. The van der Waals surface area contributed by atoms with Gasteiger partial charge in [0.05, 0.1) is 10.7 Å². The molecular weight excluding hydrogens is 320 g/mol. The zero-order valence-electron chi connectivity index (χ0n) is 16.9. The van der Waals surface area contributed by atoms with Gasteiger partial charge >= 0.3 is 0 Å². The van der Waals surface area contributed by atoms with Gasteiger partial charge in [-0.25, -0.2) is 0 Å². The first-order chi connectivity index (χ1) is 10.8. The molecule has 1 heterocycles. The lowest BCUT2D eigenvalue weighted by atomic mass is 9.50. The van der Waals surface area contributed by atoms with E-state index >= 15 is 0 Å². The van der Waals surface area contributed by atoms with Crippen molar-refractivity contribution in [1.29, 1.82) is 0 Å². The quantitative estimate of drug-likeness (QED) is 0.775. The zero-order valence-corrected chi connectivity index (χ0v) is 17.7. The van der Waals surface area contributed by atoms with Gasteiger partial charge in [-0.1, -0.05) is 48.0 Å². The minimum atomic E-state index is -1.29. The van der Waals surface area contributed by atoms with Gasteiger partial charge < -0.3 is 5.11 Å². The van der Waals surface area contributed by atoms with Crippen molar-refractivity contribution in [2.75, 3.05) is 0 Å². The molecule has 140 valence electrons. The van der Waals surface area contributed by atoms with Gasteiger partial charge in [0.15, 0.2) is 0 Å². The number of rotatable bonds is 5. The van der Waals surface area contributed by atoms with Crippen LogP contribution in [0.15, 0.2) is 0 Å². The molecule has 24 heavy (non-hydrogen) atoms. The third kappa shape index (κ3) is 3.21. The van der Waals surface area contributed by atoms with Crippen molar-refractivity contribution in [2.24, 2.45) is 28.6 Å². The molecular formula is C20H36O3S. The van der Waals surface area contributed by atoms with E-state index in [1.165, 1.54) is 11.8 Å². The fraction of sp³-hybridized carbons (Fsp3) is 0.900. The summed E-state index contributed by atoms with van der Waals surface area (Å²) < 4.78 is 0. The first-order valence-electron chi connectivity index (χ1n) is 9.17. The van der Waals surface area contributed by atoms with Crippen LogP contribution in [0.25, 0.3) is 0 Å². The maximum atomic E-state index is 13.1. The monoisotopic (exact) mass is 356 g/mol. The number of Topliss-reactive ketones (excluding diaryl/α,β-unsaturated/α-hetero) is 2. The molecule has 1 saturated heterocycles. The third-order valence-corrected chi connectivity index (χ3v) is 8.47. The number of thioether (sulfide) groups is 1.